The van der Waals surface area contributed by atoms with Crippen molar-refractivity contribution >= 4 is 46.5 Å². The van der Waals surface area contributed by atoms with Crippen LogP contribution in [0.15, 0.2) is 59.4 Å². The number of nitrogens with zero attached hydrogens (tertiary/aromatic N) is 4. The first kappa shape index (κ1) is 31.2. The van der Waals surface area contributed by atoms with Gasteiger partial charge in [-0.2, -0.15) is 0 Å². The smallest absolute Gasteiger partial charge is 0.358 e. The lowest BCUT2D eigenvalue weighted by Gasteiger charge is -2.26. The molecule has 2 aromatic heterocycles. The molecule has 1 saturated carbocycles. The normalized spacial score (nSPS) is 21.6. The Bertz CT molecular complexity index is 1760. The Labute approximate surface area is 280 Å². The number of carbonyl (C=O) groups is 1. The van der Waals surface area contributed by atoms with Gasteiger partial charge in [0.15, 0.2) is 0 Å². The van der Waals surface area contributed by atoms with Gasteiger partial charge in [0, 0.05) is 36.3 Å². The molecule has 2 N–H and O–H groups in total. The van der Waals surface area contributed by atoms with Crippen molar-refractivity contribution in [3.8, 4) is 17.0 Å². The number of aliphatic hydroxyl groups excluding tert-OH is 1. The molecule has 0 spiro atoms. The van der Waals surface area contributed by atoms with Crippen molar-refractivity contribution < 1.29 is 29.1 Å². The number of anilines is 1. The van der Waals surface area contributed by atoms with E-state index in [0.29, 0.717) is 69.3 Å². The summed E-state index contributed by atoms with van der Waals surface area (Å²) in [6.07, 6.45) is 6.00. The molecular formula is C33H31Cl3N4O6. The van der Waals surface area contributed by atoms with Gasteiger partial charge < -0.3 is 29.2 Å². The molecule has 4 aromatic rings. The van der Waals surface area contributed by atoms with Gasteiger partial charge in [-0.15, -0.1) is 5.06 Å². The van der Waals surface area contributed by atoms with E-state index in [1.54, 1.807) is 48.7 Å². The number of aliphatic hydroxyl groups is 2. The maximum atomic E-state index is 12.7. The monoisotopic (exact) mass is 684 g/mol. The third-order valence-corrected chi connectivity index (χ3v) is 9.68. The van der Waals surface area contributed by atoms with Gasteiger partial charge in [0.1, 0.15) is 35.6 Å². The standard InChI is InChI=1S/C33H31Cl3N4O6/c34-25-3-1-4-26(35)29(25)30-23(31(45-38-30)19-6-7-19)17-44-22-8-9-24(27(36)14-22)33(43)10-12-39(18-33)21-13-20(15-37-16-21)32(42)46-40-11-2-5-28(40)41/h1,3-4,8-9,13-16,19,28,41,43H,2,5-7,10-12,17-18H2. The molecule has 46 heavy (non-hydrogen) atoms. The first-order valence-electron chi connectivity index (χ1n) is 15.2. The van der Waals surface area contributed by atoms with Crippen molar-refractivity contribution in [1.29, 1.82) is 0 Å². The highest BCUT2D eigenvalue weighted by atomic mass is 35.5. The largest absolute Gasteiger partial charge is 0.489 e. The van der Waals surface area contributed by atoms with E-state index >= 15 is 0 Å². The van der Waals surface area contributed by atoms with Gasteiger partial charge in [-0.3, -0.25) is 4.98 Å². The number of hydrogen-bond donors (Lipinski definition) is 2. The van der Waals surface area contributed by atoms with E-state index in [0.717, 1.165) is 30.6 Å². The zero-order valence-electron chi connectivity index (χ0n) is 24.7. The van der Waals surface area contributed by atoms with Crippen LogP contribution < -0.4 is 9.64 Å². The molecule has 2 aromatic carbocycles. The molecule has 3 aliphatic rings. The van der Waals surface area contributed by atoms with Crippen LogP contribution in [0.2, 0.25) is 15.1 Å². The first-order valence-corrected chi connectivity index (χ1v) is 16.3. The van der Waals surface area contributed by atoms with E-state index in [1.807, 2.05) is 4.90 Å². The zero-order chi connectivity index (χ0) is 32.0. The molecule has 10 nitrogen and oxygen atoms in total. The predicted molar refractivity (Wildman–Crippen MR) is 172 cm³/mol. The van der Waals surface area contributed by atoms with Gasteiger partial charge in [0.05, 0.1) is 44.6 Å². The van der Waals surface area contributed by atoms with Gasteiger partial charge in [0.2, 0.25) is 0 Å². The minimum atomic E-state index is -1.24. The van der Waals surface area contributed by atoms with Crippen LogP contribution in [0.25, 0.3) is 11.3 Å². The number of benzene rings is 2. The molecule has 7 rings (SSSR count). The van der Waals surface area contributed by atoms with Gasteiger partial charge in [-0.25, -0.2) is 4.79 Å². The predicted octanol–water partition coefficient (Wildman–Crippen LogP) is 6.74. The van der Waals surface area contributed by atoms with Crippen LogP contribution in [0.5, 0.6) is 5.75 Å². The molecule has 13 heteroatoms. The van der Waals surface area contributed by atoms with E-state index in [9.17, 15) is 15.0 Å². The summed E-state index contributed by atoms with van der Waals surface area (Å²) in [5.41, 5.74) is 2.20. The van der Waals surface area contributed by atoms with E-state index in [4.69, 9.17) is 48.9 Å². The number of pyridine rings is 1. The summed E-state index contributed by atoms with van der Waals surface area (Å²) in [6, 6.07) is 12.2. The summed E-state index contributed by atoms with van der Waals surface area (Å²) >= 11 is 19.7. The molecule has 1 aliphatic carbocycles. The van der Waals surface area contributed by atoms with Crippen molar-refractivity contribution in [2.45, 2.75) is 56.5 Å². The number of rotatable bonds is 9. The SMILES string of the molecule is O=C(ON1CCCC1O)c1cncc(N2CCC(O)(c3ccc(OCc4c(-c5c(Cl)cccc5Cl)noc4C4CC4)cc3Cl)C2)c1. The fourth-order valence-electron chi connectivity index (χ4n) is 6.10. The fraction of sp³-hybridized carbons (Fsp3) is 0.364. The van der Waals surface area contributed by atoms with Crippen LogP contribution in [0.1, 0.15) is 65.3 Å². The van der Waals surface area contributed by atoms with Crippen LogP contribution in [0.3, 0.4) is 0 Å². The second-order valence-corrected chi connectivity index (χ2v) is 13.2. The van der Waals surface area contributed by atoms with Crippen molar-refractivity contribution in [2.24, 2.45) is 0 Å². The number of β-amino-alcohol motifs (C(OH)–C–C–N with tert-alkyl or cyclic N) is 1. The Kier molecular flexibility index (Phi) is 8.60. The van der Waals surface area contributed by atoms with Gasteiger partial charge >= 0.3 is 5.97 Å². The molecule has 2 atom stereocenters. The lowest BCUT2D eigenvalue weighted by Crippen LogP contribution is -2.32. The molecule has 2 unspecified atom stereocenters. The molecule has 2 aliphatic heterocycles. The van der Waals surface area contributed by atoms with Crippen molar-refractivity contribution in [3.63, 3.8) is 0 Å². The van der Waals surface area contributed by atoms with E-state index in [1.165, 1.54) is 11.3 Å². The van der Waals surface area contributed by atoms with Gasteiger partial charge in [0.25, 0.3) is 0 Å². The highest BCUT2D eigenvalue weighted by Crippen LogP contribution is 2.46. The van der Waals surface area contributed by atoms with Crippen LogP contribution in [0.4, 0.5) is 5.69 Å². The maximum Gasteiger partial charge on any atom is 0.358 e. The lowest BCUT2D eigenvalue weighted by molar-refractivity contribution is -0.175. The Balaban J connectivity index is 1.05. The lowest BCUT2D eigenvalue weighted by atomic mass is 9.93. The van der Waals surface area contributed by atoms with Crippen molar-refractivity contribution in [2.75, 3.05) is 24.5 Å². The number of halogens is 3. The third kappa shape index (κ3) is 6.17. The number of carbonyl (C=O) groups excluding carboxylic acids is 1. The summed E-state index contributed by atoms with van der Waals surface area (Å²) < 4.78 is 11.9. The Morgan fingerprint density at radius 1 is 1.04 bits per heavy atom. The first-order chi connectivity index (χ1) is 22.2. The van der Waals surface area contributed by atoms with Crippen LogP contribution in [-0.4, -0.2) is 57.2 Å². The van der Waals surface area contributed by atoms with Crippen LogP contribution in [-0.2, 0) is 17.0 Å². The second-order valence-electron chi connectivity index (χ2n) is 12.0. The Hall–Kier alpha value is -3.38. The summed E-state index contributed by atoms with van der Waals surface area (Å²) in [5, 5.41) is 28.6. The molecular weight excluding hydrogens is 655 g/mol. The summed E-state index contributed by atoms with van der Waals surface area (Å²) in [5.74, 6) is 0.978. The van der Waals surface area contributed by atoms with Crippen LogP contribution >= 0.6 is 34.8 Å². The van der Waals surface area contributed by atoms with E-state index < -0.39 is 17.8 Å². The molecule has 2 saturated heterocycles. The number of aromatic nitrogens is 2. The fourth-order valence-corrected chi connectivity index (χ4v) is 7.02. The van der Waals surface area contributed by atoms with E-state index in [2.05, 4.69) is 10.1 Å². The minimum absolute atomic E-state index is 0.169. The summed E-state index contributed by atoms with van der Waals surface area (Å²) in [7, 11) is 0. The quantitative estimate of drug-likeness (QED) is 0.196. The molecule has 4 heterocycles. The third-order valence-electron chi connectivity index (χ3n) is 8.74. The molecule has 3 fully saturated rings. The second kappa shape index (κ2) is 12.7. The molecule has 0 amide bonds. The summed E-state index contributed by atoms with van der Waals surface area (Å²) in [4.78, 5) is 24.2. The average Bonchev–Trinajstić information content (AvgIpc) is 3.48. The highest BCUT2D eigenvalue weighted by Gasteiger charge is 2.40. The maximum absolute atomic E-state index is 12.7. The molecule has 0 radical (unpaired) electrons. The number of hydrogen-bond acceptors (Lipinski definition) is 10. The number of ether oxygens (including phenoxy) is 1. The highest BCUT2D eigenvalue weighted by molar-refractivity contribution is 6.39. The summed E-state index contributed by atoms with van der Waals surface area (Å²) in [6.45, 7) is 1.40. The van der Waals surface area contributed by atoms with E-state index in [-0.39, 0.29) is 24.6 Å². The molecule has 0 bridgehead atoms. The van der Waals surface area contributed by atoms with Gasteiger partial charge in [-0.05, 0) is 62.4 Å². The minimum Gasteiger partial charge on any atom is -0.489 e. The van der Waals surface area contributed by atoms with Crippen LogP contribution in [0, 0.1) is 0 Å². The van der Waals surface area contributed by atoms with Crippen molar-refractivity contribution in [3.05, 3.63) is 92.4 Å². The Morgan fingerprint density at radius 3 is 2.57 bits per heavy atom. The topological polar surface area (TPSA) is 121 Å². The van der Waals surface area contributed by atoms with Gasteiger partial charge in [-0.1, -0.05) is 52.1 Å². The Morgan fingerprint density at radius 2 is 1.85 bits per heavy atom. The molecule has 240 valence electrons. The zero-order valence-corrected chi connectivity index (χ0v) is 26.9. The van der Waals surface area contributed by atoms with Crippen molar-refractivity contribution in [1.82, 2.24) is 15.2 Å². The average molecular weight is 686 g/mol. The number of hydroxylamine groups is 2.